The topological polar surface area (TPSA) is 129 Å². The van der Waals surface area contributed by atoms with Crippen LogP contribution in [0.2, 0.25) is 0 Å². The van der Waals surface area contributed by atoms with Crippen molar-refractivity contribution in [2.45, 2.75) is 27.7 Å². The second-order valence-corrected chi connectivity index (χ2v) is 8.52. The minimum atomic E-state index is -0.208. The monoisotopic (exact) mass is 473 g/mol. The first-order chi connectivity index (χ1) is 16.8. The number of hydrogen-bond acceptors (Lipinski definition) is 6. The number of carbonyl (C=O) groups excluding carboxylic acids is 2. The largest absolute Gasteiger partial charge is 0.368 e. The lowest BCUT2D eigenvalue weighted by Gasteiger charge is -2.18. The number of fused-ring (bicyclic) bond motifs is 1. The van der Waals surface area contributed by atoms with Crippen LogP contribution < -0.4 is 16.4 Å². The first-order valence-electron chi connectivity index (χ1n) is 11.8. The van der Waals surface area contributed by atoms with E-state index in [0.717, 1.165) is 53.3 Å². The van der Waals surface area contributed by atoms with Crippen molar-refractivity contribution in [3.63, 3.8) is 0 Å². The highest BCUT2D eigenvalue weighted by atomic mass is 16.2. The summed E-state index contributed by atoms with van der Waals surface area (Å²) in [5.74, 6) is -0.142. The van der Waals surface area contributed by atoms with Crippen molar-refractivity contribution in [1.82, 2.24) is 25.2 Å². The van der Waals surface area contributed by atoms with Gasteiger partial charge in [0.2, 0.25) is 5.95 Å². The molecule has 9 heteroatoms. The molecule has 1 aliphatic heterocycles. The van der Waals surface area contributed by atoms with E-state index in [1.165, 1.54) is 0 Å². The Labute approximate surface area is 204 Å². The van der Waals surface area contributed by atoms with Gasteiger partial charge in [0.15, 0.2) is 0 Å². The van der Waals surface area contributed by atoms with Gasteiger partial charge in [0, 0.05) is 53.7 Å². The number of amides is 2. The Morgan fingerprint density at radius 1 is 1.17 bits per heavy atom. The molecule has 1 aliphatic rings. The van der Waals surface area contributed by atoms with Gasteiger partial charge in [-0.1, -0.05) is 26.0 Å². The van der Waals surface area contributed by atoms with E-state index in [0.29, 0.717) is 23.4 Å². The zero-order valence-electron chi connectivity index (χ0n) is 20.5. The summed E-state index contributed by atoms with van der Waals surface area (Å²) < 4.78 is 0. The van der Waals surface area contributed by atoms with E-state index in [2.05, 4.69) is 44.3 Å². The number of aryl methyl sites for hydroxylation is 1. The summed E-state index contributed by atoms with van der Waals surface area (Å²) in [6.07, 6.45) is 5.09. The Hall–Kier alpha value is -3.98. The summed E-state index contributed by atoms with van der Waals surface area (Å²) in [7, 11) is 0. The highest BCUT2D eigenvalue weighted by Crippen LogP contribution is 2.40. The minimum Gasteiger partial charge on any atom is -0.368 e. The summed E-state index contributed by atoms with van der Waals surface area (Å²) in [6.45, 7) is 11.2. The van der Waals surface area contributed by atoms with E-state index in [-0.39, 0.29) is 17.8 Å². The lowest BCUT2D eigenvalue weighted by molar-refractivity contribution is -0.110. The average Bonchev–Trinajstić information content (AvgIpc) is 3.31. The van der Waals surface area contributed by atoms with Crippen LogP contribution >= 0.6 is 0 Å². The van der Waals surface area contributed by atoms with Crippen LogP contribution in [-0.4, -0.2) is 57.8 Å². The number of H-pyrrole nitrogens is 1. The van der Waals surface area contributed by atoms with Crippen LogP contribution in [0.5, 0.6) is 0 Å². The number of nitrogens with two attached hydrogens (primary N) is 1. The molecular formula is C26H31N7O2. The second-order valence-electron chi connectivity index (χ2n) is 8.52. The highest BCUT2D eigenvalue weighted by Gasteiger charge is 2.28. The average molecular weight is 474 g/mol. The molecule has 2 aromatic heterocycles. The van der Waals surface area contributed by atoms with Crippen LogP contribution in [0.4, 0.5) is 11.6 Å². The molecule has 0 aliphatic carbocycles. The van der Waals surface area contributed by atoms with Gasteiger partial charge in [0.25, 0.3) is 11.8 Å². The number of nitrogens with zero attached hydrogens (tertiary/aromatic N) is 3. The van der Waals surface area contributed by atoms with Gasteiger partial charge in [-0.15, -0.1) is 0 Å². The van der Waals surface area contributed by atoms with Crippen molar-refractivity contribution in [2.24, 2.45) is 0 Å². The van der Waals surface area contributed by atoms with E-state index >= 15 is 0 Å². The number of carbonyl (C=O) groups is 2. The van der Waals surface area contributed by atoms with Crippen molar-refractivity contribution in [3.05, 3.63) is 58.7 Å². The summed E-state index contributed by atoms with van der Waals surface area (Å²) >= 11 is 0. The number of nitrogen functional groups attached to an aromatic ring is 1. The normalized spacial score (nSPS) is 13.9. The Kier molecular flexibility index (Phi) is 6.97. The molecule has 3 heterocycles. The van der Waals surface area contributed by atoms with Gasteiger partial charge < -0.3 is 26.3 Å². The van der Waals surface area contributed by atoms with Gasteiger partial charge in [-0.3, -0.25) is 9.59 Å². The maximum absolute atomic E-state index is 13.0. The number of anilines is 2. The van der Waals surface area contributed by atoms with E-state index in [1.54, 1.807) is 18.5 Å². The van der Waals surface area contributed by atoms with Crippen molar-refractivity contribution in [2.75, 3.05) is 37.2 Å². The van der Waals surface area contributed by atoms with E-state index < -0.39 is 0 Å². The zero-order chi connectivity index (χ0) is 25.1. The lowest BCUT2D eigenvalue weighted by atomic mass is 9.95. The number of aromatic amines is 1. The van der Waals surface area contributed by atoms with Crippen LogP contribution in [0.1, 0.15) is 46.7 Å². The molecule has 0 fully saturated rings. The van der Waals surface area contributed by atoms with E-state index in [4.69, 9.17) is 5.73 Å². The Morgan fingerprint density at radius 3 is 2.57 bits per heavy atom. The summed E-state index contributed by atoms with van der Waals surface area (Å²) in [6, 6.07) is 5.65. The predicted molar refractivity (Wildman–Crippen MR) is 139 cm³/mol. The number of rotatable bonds is 8. The third-order valence-corrected chi connectivity index (χ3v) is 6.41. The molecule has 0 atom stereocenters. The first kappa shape index (κ1) is 24.2. The van der Waals surface area contributed by atoms with Crippen molar-refractivity contribution in [1.29, 1.82) is 0 Å². The highest BCUT2D eigenvalue weighted by molar-refractivity contribution is 6.36. The van der Waals surface area contributed by atoms with E-state index in [1.807, 2.05) is 32.0 Å². The zero-order valence-corrected chi connectivity index (χ0v) is 20.5. The van der Waals surface area contributed by atoms with Gasteiger partial charge in [-0.2, -0.15) is 0 Å². The molecule has 9 nitrogen and oxygen atoms in total. The fourth-order valence-corrected chi connectivity index (χ4v) is 4.46. The summed E-state index contributed by atoms with van der Waals surface area (Å²) in [4.78, 5) is 39.6. The third-order valence-electron chi connectivity index (χ3n) is 6.41. The van der Waals surface area contributed by atoms with Crippen LogP contribution in [0.3, 0.4) is 0 Å². The molecule has 0 unspecified atom stereocenters. The van der Waals surface area contributed by atoms with Gasteiger partial charge in [0.1, 0.15) is 0 Å². The number of nitrogens with one attached hydrogen (secondary N) is 3. The second kappa shape index (κ2) is 10.1. The molecule has 182 valence electrons. The SMILES string of the molecule is CCN(CC)CCNC(=O)c1c(C)[nH]c(/C=C2\C(=O)Nc3cccc(-c4cnc(N)nc4)c32)c1C. The van der Waals surface area contributed by atoms with Crippen LogP contribution in [0.25, 0.3) is 22.8 Å². The fraction of sp³-hybridized carbons (Fsp3) is 0.308. The Morgan fingerprint density at radius 2 is 1.89 bits per heavy atom. The Balaban J connectivity index is 1.66. The number of aromatic nitrogens is 3. The minimum absolute atomic E-state index is 0.121. The van der Waals surface area contributed by atoms with Crippen molar-refractivity contribution in [3.8, 4) is 11.1 Å². The molecule has 0 bridgehead atoms. The smallest absolute Gasteiger partial charge is 0.256 e. The predicted octanol–water partition coefficient (Wildman–Crippen LogP) is 3.24. The number of hydrogen-bond donors (Lipinski definition) is 4. The molecule has 0 saturated carbocycles. The number of benzene rings is 1. The lowest BCUT2D eigenvalue weighted by Crippen LogP contribution is -2.35. The molecule has 0 spiro atoms. The van der Waals surface area contributed by atoms with Crippen molar-refractivity contribution < 1.29 is 9.59 Å². The maximum Gasteiger partial charge on any atom is 0.256 e. The first-order valence-corrected chi connectivity index (χ1v) is 11.8. The third kappa shape index (κ3) is 4.81. The maximum atomic E-state index is 13.0. The molecular weight excluding hydrogens is 442 g/mol. The van der Waals surface area contributed by atoms with Gasteiger partial charge >= 0.3 is 0 Å². The van der Waals surface area contributed by atoms with Crippen molar-refractivity contribution >= 4 is 35.1 Å². The molecule has 5 N–H and O–H groups in total. The number of likely N-dealkylation sites (N-methyl/N-ethyl adjacent to an activating group) is 1. The van der Waals surface area contributed by atoms with E-state index in [9.17, 15) is 9.59 Å². The van der Waals surface area contributed by atoms with Crippen LogP contribution in [-0.2, 0) is 4.79 Å². The standard InChI is InChI=1S/C26H31N7O2/c1-5-33(6-2)11-10-28-25(35)22-15(3)21(31-16(22)4)12-19-23-18(17-13-29-26(27)30-14-17)8-7-9-20(23)32-24(19)34/h7-9,12-14,31H,5-6,10-11H2,1-4H3,(H,28,35)(H,32,34)(H2,27,29,30)/b19-12-. The summed E-state index contributed by atoms with van der Waals surface area (Å²) in [5, 5.41) is 5.95. The van der Waals surface area contributed by atoms with Gasteiger partial charge in [0.05, 0.1) is 11.1 Å². The van der Waals surface area contributed by atoms with Crippen LogP contribution in [0.15, 0.2) is 30.6 Å². The quantitative estimate of drug-likeness (QED) is 0.372. The van der Waals surface area contributed by atoms with Gasteiger partial charge in [-0.05, 0) is 50.2 Å². The van der Waals surface area contributed by atoms with Gasteiger partial charge in [-0.25, -0.2) is 9.97 Å². The molecule has 35 heavy (non-hydrogen) atoms. The molecule has 0 saturated heterocycles. The molecule has 3 aromatic rings. The summed E-state index contributed by atoms with van der Waals surface area (Å²) in [5.41, 5.74) is 12.1. The van der Waals surface area contributed by atoms with Crippen LogP contribution in [0, 0.1) is 13.8 Å². The Bertz CT molecular complexity index is 1290. The molecule has 1 aromatic carbocycles. The fourth-order valence-electron chi connectivity index (χ4n) is 4.46. The molecule has 2 amide bonds. The molecule has 4 rings (SSSR count). The molecule has 0 radical (unpaired) electrons.